The summed E-state index contributed by atoms with van der Waals surface area (Å²) in [6, 6.07) is 9.23. The van der Waals surface area contributed by atoms with Crippen molar-refractivity contribution >= 4 is 18.1 Å². The molecule has 90 valence electrons. The number of nitrogens with one attached hydrogen (secondary N) is 1. The third kappa shape index (κ3) is 3.79. The Morgan fingerprint density at radius 2 is 2.24 bits per heavy atom. The number of hydrogen-bond acceptors (Lipinski definition) is 4. The maximum absolute atomic E-state index is 11.4. The average Bonchev–Trinajstić information content (AvgIpc) is 2.83. The fraction of sp³-hybridized carbons (Fsp3) is 0.333. The number of nitrogens with zero attached hydrogens (tertiary/aromatic N) is 2. The average molecular weight is 233 g/mol. The van der Waals surface area contributed by atoms with Gasteiger partial charge in [0.05, 0.1) is 19.4 Å². The Morgan fingerprint density at radius 1 is 1.41 bits per heavy atom. The minimum Gasteiger partial charge on any atom is -0.447 e. The van der Waals surface area contributed by atoms with Crippen LogP contribution in [0.4, 0.5) is 10.5 Å². The molecule has 1 aromatic carbocycles. The highest BCUT2D eigenvalue weighted by Gasteiger charge is 2.07. The number of anilines is 1. The molecule has 1 amide bonds. The molecule has 0 fully saturated rings. The van der Waals surface area contributed by atoms with Gasteiger partial charge in [0.2, 0.25) is 0 Å². The van der Waals surface area contributed by atoms with Crippen molar-refractivity contribution < 1.29 is 9.53 Å². The number of aliphatic imine (C=N–C) groups is 1. The molecule has 0 spiro atoms. The van der Waals surface area contributed by atoms with Crippen LogP contribution >= 0.6 is 0 Å². The Hall–Kier alpha value is -2.04. The highest BCUT2D eigenvalue weighted by atomic mass is 16.5. The molecule has 5 heteroatoms. The Balaban J connectivity index is 1.65. The molecule has 0 atom stereocenters. The van der Waals surface area contributed by atoms with Crippen molar-refractivity contribution in [3.8, 4) is 0 Å². The molecule has 0 unspecified atom stereocenters. The van der Waals surface area contributed by atoms with Gasteiger partial charge < -0.3 is 9.64 Å². The van der Waals surface area contributed by atoms with Gasteiger partial charge in [-0.25, -0.2) is 4.79 Å². The standard InChI is InChI=1S/C12H15N3O2/c16-12(14-11-4-2-1-3-5-11)17-9-8-15-7-6-13-10-15/h1-5,10H,6-9H2,(H,14,16). The monoisotopic (exact) mass is 233 g/mol. The molecule has 17 heavy (non-hydrogen) atoms. The van der Waals surface area contributed by atoms with Crippen molar-refractivity contribution in [2.45, 2.75) is 0 Å². The summed E-state index contributed by atoms with van der Waals surface area (Å²) in [5.74, 6) is 0. The van der Waals surface area contributed by atoms with Crippen molar-refractivity contribution in [1.82, 2.24) is 4.90 Å². The van der Waals surface area contributed by atoms with E-state index in [1.807, 2.05) is 35.2 Å². The van der Waals surface area contributed by atoms with Crippen molar-refractivity contribution in [2.24, 2.45) is 4.99 Å². The summed E-state index contributed by atoms with van der Waals surface area (Å²) in [4.78, 5) is 17.5. The summed E-state index contributed by atoms with van der Waals surface area (Å²) < 4.78 is 5.05. The molecule has 0 radical (unpaired) electrons. The van der Waals surface area contributed by atoms with Crippen molar-refractivity contribution in [2.75, 3.05) is 31.6 Å². The number of benzene rings is 1. The molecule has 1 heterocycles. The molecule has 0 aromatic heterocycles. The Bertz CT molecular complexity index is 392. The van der Waals surface area contributed by atoms with Gasteiger partial charge >= 0.3 is 6.09 Å². The van der Waals surface area contributed by atoms with Crippen LogP contribution in [0.3, 0.4) is 0 Å². The number of para-hydroxylation sites is 1. The van der Waals surface area contributed by atoms with Crippen molar-refractivity contribution in [3.63, 3.8) is 0 Å². The fourth-order valence-electron chi connectivity index (χ4n) is 1.52. The zero-order valence-corrected chi connectivity index (χ0v) is 9.50. The first kappa shape index (κ1) is 11.4. The smallest absolute Gasteiger partial charge is 0.411 e. The van der Waals surface area contributed by atoms with Crippen LogP contribution in [0, 0.1) is 0 Å². The van der Waals surface area contributed by atoms with Crippen LogP contribution < -0.4 is 5.32 Å². The lowest BCUT2D eigenvalue weighted by Gasteiger charge is -2.13. The van der Waals surface area contributed by atoms with E-state index in [2.05, 4.69) is 10.3 Å². The highest BCUT2D eigenvalue weighted by Crippen LogP contribution is 2.05. The molecule has 1 aliphatic heterocycles. The van der Waals surface area contributed by atoms with Crippen LogP contribution in [-0.2, 0) is 4.74 Å². The van der Waals surface area contributed by atoms with E-state index in [-0.39, 0.29) is 0 Å². The van der Waals surface area contributed by atoms with E-state index < -0.39 is 6.09 Å². The summed E-state index contributed by atoms with van der Waals surface area (Å²) in [5.41, 5.74) is 0.736. The quantitative estimate of drug-likeness (QED) is 0.859. The fourth-order valence-corrected chi connectivity index (χ4v) is 1.52. The molecular weight excluding hydrogens is 218 g/mol. The maximum Gasteiger partial charge on any atom is 0.411 e. The van der Waals surface area contributed by atoms with Gasteiger partial charge in [-0.1, -0.05) is 18.2 Å². The Labute approximate surface area is 100 Å². The predicted octanol–water partition coefficient (Wildman–Crippen LogP) is 1.58. The molecule has 0 aliphatic carbocycles. The van der Waals surface area contributed by atoms with Gasteiger partial charge in [0, 0.05) is 12.2 Å². The van der Waals surface area contributed by atoms with E-state index in [4.69, 9.17) is 4.74 Å². The lowest BCUT2D eigenvalue weighted by Crippen LogP contribution is -2.26. The third-order valence-corrected chi connectivity index (χ3v) is 2.39. The first-order valence-electron chi connectivity index (χ1n) is 5.57. The van der Waals surface area contributed by atoms with Crippen LogP contribution in [0.5, 0.6) is 0 Å². The zero-order valence-electron chi connectivity index (χ0n) is 9.50. The number of ether oxygens (including phenoxy) is 1. The molecule has 1 aromatic rings. The summed E-state index contributed by atoms with van der Waals surface area (Å²) in [6.07, 6.45) is 1.37. The lowest BCUT2D eigenvalue weighted by atomic mass is 10.3. The second-order valence-corrected chi connectivity index (χ2v) is 3.68. The van der Waals surface area contributed by atoms with E-state index in [1.165, 1.54) is 0 Å². The second kappa shape index (κ2) is 5.89. The van der Waals surface area contributed by atoms with Crippen molar-refractivity contribution in [1.29, 1.82) is 0 Å². The van der Waals surface area contributed by atoms with E-state index in [0.717, 1.165) is 18.8 Å². The maximum atomic E-state index is 11.4. The summed E-state index contributed by atoms with van der Waals surface area (Å²) in [6.45, 7) is 2.79. The highest BCUT2D eigenvalue weighted by molar-refractivity contribution is 5.84. The molecule has 1 N–H and O–H groups in total. The van der Waals surface area contributed by atoms with Gasteiger partial charge in [0.25, 0.3) is 0 Å². The number of carbonyl (C=O) groups is 1. The number of amides is 1. The predicted molar refractivity (Wildman–Crippen MR) is 66.3 cm³/mol. The number of rotatable bonds is 4. The van der Waals surface area contributed by atoms with Gasteiger partial charge in [-0.3, -0.25) is 10.3 Å². The van der Waals surface area contributed by atoms with Gasteiger partial charge in [-0.05, 0) is 12.1 Å². The third-order valence-electron chi connectivity index (χ3n) is 2.39. The lowest BCUT2D eigenvalue weighted by molar-refractivity contribution is 0.154. The van der Waals surface area contributed by atoms with Crippen LogP contribution in [-0.4, -0.2) is 43.6 Å². The number of hydrogen-bond donors (Lipinski definition) is 1. The first-order valence-corrected chi connectivity index (χ1v) is 5.57. The Kier molecular flexibility index (Phi) is 3.96. The molecule has 0 bridgehead atoms. The summed E-state index contributed by atoms with van der Waals surface area (Å²) in [5, 5.41) is 2.65. The molecule has 5 nitrogen and oxygen atoms in total. The van der Waals surface area contributed by atoms with Gasteiger partial charge in [0.15, 0.2) is 0 Å². The van der Waals surface area contributed by atoms with Crippen molar-refractivity contribution in [3.05, 3.63) is 30.3 Å². The second-order valence-electron chi connectivity index (χ2n) is 3.68. The summed E-state index contributed by atoms with van der Waals surface area (Å²) in [7, 11) is 0. The van der Waals surface area contributed by atoms with E-state index in [0.29, 0.717) is 13.2 Å². The van der Waals surface area contributed by atoms with Crippen LogP contribution in [0.25, 0.3) is 0 Å². The molecule has 1 aliphatic rings. The largest absolute Gasteiger partial charge is 0.447 e. The normalized spacial score (nSPS) is 13.8. The number of carbonyl (C=O) groups excluding carboxylic acids is 1. The van der Waals surface area contributed by atoms with E-state index in [1.54, 1.807) is 6.34 Å². The van der Waals surface area contributed by atoms with Gasteiger partial charge in [-0.15, -0.1) is 0 Å². The van der Waals surface area contributed by atoms with Crippen LogP contribution in [0.1, 0.15) is 0 Å². The van der Waals surface area contributed by atoms with E-state index in [9.17, 15) is 4.79 Å². The van der Waals surface area contributed by atoms with Gasteiger partial charge in [-0.2, -0.15) is 0 Å². The van der Waals surface area contributed by atoms with Crippen LogP contribution in [0.15, 0.2) is 35.3 Å². The minimum atomic E-state index is -0.424. The molecule has 0 saturated carbocycles. The SMILES string of the molecule is O=C(Nc1ccccc1)OCCN1C=NCC1. The topological polar surface area (TPSA) is 53.9 Å². The molecule has 0 saturated heterocycles. The Morgan fingerprint density at radius 3 is 2.94 bits per heavy atom. The summed E-state index contributed by atoms with van der Waals surface area (Å²) >= 11 is 0. The minimum absolute atomic E-state index is 0.366. The van der Waals surface area contributed by atoms with E-state index >= 15 is 0 Å². The van der Waals surface area contributed by atoms with Crippen LogP contribution in [0.2, 0.25) is 0 Å². The molecular formula is C12H15N3O2. The molecule has 2 rings (SSSR count). The van der Waals surface area contributed by atoms with Gasteiger partial charge in [0.1, 0.15) is 6.61 Å². The zero-order chi connectivity index (χ0) is 11.9. The first-order chi connectivity index (χ1) is 8.34.